The van der Waals surface area contributed by atoms with Crippen LogP contribution in [-0.2, 0) is 14.3 Å². The van der Waals surface area contributed by atoms with E-state index in [1.165, 1.54) is 19.2 Å². The van der Waals surface area contributed by atoms with Gasteiger partial charge in [0.2, 0.25) is 0 Å². The summed E-state index contributed by atoms with van der Waals surface area (Å²) in [6.45, 7) is 1.24. The zero-order valence-electron chi connectivity index (χ0n) is 15.9. The van der Waals surface area contributed by atoms with Gasteiger partial charge in [-0.05, 0) is 25.1 Å². The minimum Gasteiger partial charge on any atom is -0.495 e. The molecule has 0 aliphatic rings. The smallest absolute Gasteiger partial charge is 0.344 e. The number of methoxy groups -OCH3 is 1. The molecule has 0 saturated heterocycles. The Balaban J connectivity index is 1.87. The quantitative estimate of drug-likeness (QED) is 0.364. The summed E-state index contributed by atoms with van der Waals surface area (Å²) in [4.78, 5) is 34.1. The van der Waals surface area contributed by atoms with Crippen molar-refractivity contribution in [3.8, 4) is 17.2 Å². The van der Waals surface area contributed by atoms with Gasteiger partial charge < -0.3 is 24.3 Å². The van der Waals surface area contributed by atoms with Crippen molar-refractivity contribution in [2.45, 2.75) is 6.92 Å². The van der Waals surface area contributed by atoms with Crippen LogP contribution in [-0.4, -0.2) is 43.7 Å². The Bertz CT molecular complexity index is 884. The maximum absolute atomic E-state index is 12.0. The first-order valence-corrected chi connectivity index (χ1v) is 8.57. The van der Waals surface area contributed by atoms with E-state index in [9.17, 15) is 19.7 Å². The van der Waals surface area contributed by atoms with E-state index in [1.807, 2.05) is 6.92 Å². The maximum Gasteiger partial charge on any atom is 0.344 e. The fourth-order valence-corrected chi connectivity index (χ4v) is 2.26. The van der Waals surface area contributed by atoms with Crippen LogP contribution in [0.25, 0.3) is 0 Å². The number of benzene rings is 2. The summed E-state index contributed by atoms with van der Waals surface area (Å²) < 4.78 is 20.6. The van der Waals surface area contributed by atoms with Crippen molar-refractivity contribution in [1.82, 2.24) is 0 Å². The van der Waals surface area contributed by atoms with Gasteiger partial charge in [-0.15, -0.1) is 0 Å². The first-order chi connectivity index (χ1) is 13.9. The van der Waals surface area contributed by atoms with Gasteiger partial charge in [0.25, 0.3) is 11.6 Å². The van der Waals surface area contributed by atoms with Crippen molar-refractivity contribution in [2.75, 3.05) is 32.2 Å². The Morgan fingerprint density at radius 2 is 1.72 bits per heavy atom. The number of rotatable bonds is 10. The van der Waals surface area contributed by atoms with Crippen molar-refractivity contribution >= 4 is 23.3 Å². The third-order valence-electron chi connectivity index (χ3n) is 3.53. The molecule has 2 aromatic carbocycles. The highest BCUT2D eigenvalue weighted by Crippen LogP contribution is 2.29. The van der Waals surface area contributed by atoms with E-state index < -0.39 is 30.0 Å². The molecule has 0 saturated carbocycles. The molecule has 10 nitrogen and oxygen atoms in total. The second kappa shape index (κ2) is 10.5. The van der Waals surface area contributed by atoms with Crippen LogP contribution < -0.4 is 19.5 Å². The molecular weight excluding hydrogens is 384 g/mol. The number of hydrogen-bond acceptors (Lipinski definition) is 8. The lowest BCUT2D eigenvalue weighted by Crippen LogP contribution is -2.24. The van der Waals surface area contributed by atoms with Gasteiger partial charge in [0.05, 0.1) is 24.3 Å². The topological polar surface area (TPSA) is 126 Å². The predicted molar refractivity (Wildman–Crippen MR) is 102 cm³/mol. The monoisotopic (exact) mass is 404 g/mol. The Morgan fingerprint density at radius 3 is 2.34 bits per heavy atom. The highest BCUT2D eigenvalue weighted by molar-refractivity contribution is 5.94. The Labute approximate surface area is 166 Å². The second-order valence-corrected chi connectivity index (χ2v) is 5.52. The van der Waals surface area contributed by atoms with E-state index in [1.54, 1.807) is 24.3 Å². The Morgan fingerprint density at radius 1 is 1.03 bits per heavy atom. The largest absolute Gasteiger partial charge is 0.495 e. The average molecular weight is 404 g/mol. The minimum absolute atomic E-state index is 0.0876. The number of para-hydroxylation sites is 2. The van der Waals surface area contributed by atoms with E-state index >= 15 is 0 Å². The van der Waals surface area contributed by atoms with E-state index in [-0.39, 0.29) is 17.1 Å². The molecular formula is C19H20N2O8. The number of carbonyl (C=O) groups is 2. The number of anilines is 1. The zero-order valence-corrected chi connectivity index (χ0v) is 15.9. The standard InChI is InChI=1S/C19H20N2O8/c1-3-27-16-6-4-5-7-17(16)28-12-19(23)29-11-18(22)20-14-10-13(21(24)25)8-9-15(14)26-2/h4-10H,3,11-12H2,1-2H3,(H,20,22). The lowest BCUT2D eigenvalue weighted by molar-refractivity contribution is -0.384. The summed E-state index contributed by atoms with van der Waals surface area (Å²) in [6, 6.07) is 10.6. The summed E-state index contributed by atoms with van der Waals surface area (Å²) in [6.07, 6.45) is 0. The lowest BCUT2D eigenvalue weighted by atomic mass is 10.2. The number of nitrogens with zero attached hydrogens (tertiary/aromatic N) is 1. The van der Waals surface area contributed by atoms with Crippen molar-refractivity contribution in [2.24, 2.45) is 0 Å². The normalized spacial score (nSPS) is 10.0. The summed E-state index contributed by atoms with van der Waals surface area (Å²) in [5, 5.41) is 13.3. The molecule has 0 aliphatic heterocycles. The summed E-state index contributed by atoms with van der Waals surface area (Å²) >= 11 is 0. The van der Waals surface area contributed by atoms with Crippen LogP contribution >= 0.6 is 0 Å². The summed E-state index contributed by atoms with van der Waals surface area (Å²) in [5.74, 6) is -0.370. The van der Waals surface area contributed by atoms with Crippen molar-refractivity contribution in [1.29, 1.82) is 0 Å². The van der Waals surface area contributed by atoms with Gasteiger partial charge in [0, 0.05) is 12.1 Å². The summed E-state index contributed by atoms with van der Waals surface area (Å²) in [5.41, 5.74) is -0.135. The van der Waals surface area contributed by atoms with Crippen LogP contribution in [0.2, 0.25) is 0 Å². The van der Waals surface area contributed by atoms with Gasteiger partial charge in [0.15, 0.2) is 24.7 Å². The molecule has 2 rings (SSSR count). The van der Waals surface area contributed by atoms with Crippen LogP contribution in [0.4, 0.5) is 11.4 Å². The SMILES string of the molecule is CCOc1ccccc1OCC(=O)OCC(=O)Nc1cc([N+](=O)[O-])ccc1OC. The molecule has 1 amide bonds. The van der Waals surface area contributed by atoms with Gasteiger partial charge in [-0.2, -0.15) is 0 Å². The molecule has 1 N–H and O–H groups in total. The van der Waals surface area contributed by atoms with E-state index in [0.717, 1.165) is 6.07 Å². The van der Waals surface area contributed by atoms with Crippen LogP contribution in [0, 0.1) is 10.1 Å². The number of non-ortho nitro benzene ring substituents is 1. The molecule has 0 aliphatic carbocycles. The number of nitrogens with one attached hydrogen (secondary N) is 1. The fraction of sp³-hybridized carbons (Fsp3) is 0.263. The van der Waals surface area contributed by atoms with Crippen molar-refractivity contribution < 1.29 is 33.5 Å². The van der Waals surface area contributed by atoms with Crippen LogP contribution in [0.15, 0.2) is 42.5 Å². The highest BCUT2D eigenvalue weighted by atomic mass is 16.6. The lowest BCUT2D eigenvalue weighted by Gasteiger charge is -2.12. The van der Waals surface area contributed by atoms with Gasteiger partial charge in [-0.3, -0.25) is 14.9 Å². The van der Waals surface area contributed by atoms with Crippen LogP contribution in [0.5, 0.6) is 17.2 Å². The molecule has 0 heterocycles. The minimum atomic E-state index is -0.766. The average Bonchev–Trinajstić information content (AvgIpc) is 2.71. The van der Waals surface area contributed by atoms with Crippen LogP contribution in [0.1, 0.15) is 6.92 Å². The van der Waals surface area contributed by atoms with Crippen molar-refractivity contribution in [3.63, 3.8) is 0 Å². The molecule has 2 aromatic rings. The molecule has 0 atom stereocenters. The second-order valence-electron chi connectivity index (χ2n) is 5.52. The molecule has 0 radical (unpaired) electrons. The molecule has 29 heavy (non-hydrogen) atoms. The molecule has 0 fully saturated rings. The Hall–Kier alpha value is -3.82. The third-order valence-corrected chi connectivity index (χ3v) is 3.53. The first-order valence-electron chi connectivity index (χ1n) is 8.57. The molecule has 0 aromatic heterocycles. The molecule has 10 heteroatoms. The van der Waals surface area contributed by atoms with Gasteiger partial charge in [0.1, 0.15) is 5.75 Å². The van der Waals surface area contributed by atoms with Gasteiger partial charge in [-0.1, -0.05) is 12.1 Å². The molecule has 0 unspecified atom stereocenters. The van der Waals surface area contributed by atoms with Gasteiger partial charge in [-0.25, -0.2) is 4.79 Å². The van der Waals surface area contributed by atoms with E-state index in [2.05, 4.69) is 5.32 Å². The van der Waals surface area contributed by atoms with Crippen LogP contribution in [0.3, 0.4) is 0 Å². The van der Waals surface area contributed by atoms with E-state index in [4.69, 9.17) is 18.9 Å². The third kappa shape index (κ3) is 6.38. The maximum atomic E-state index is 12.0. The number of ether oxygens (including phenoxy) is 4. The molecule has 0 bridgehead atoms. The van der Waals surface area contributed by atoms with Gasteiger partial charge >= 0.3 is 5.97 Å². The van der Waals surface area contributed by atoms with Crippen molar-refractivity contribution in [3.05, 3.63) is 52.6 Å². The van der Waals surface area contributed by atoms with E-state index in [0.29, 0.717) is 18.1 Å². The number of esters is 1. The molecule has 154 valence electrons. The number of hydrogen-bond donors (Lipinski definition) is 1. The summed E-state index contributed by atoms with van der Waals surface area (Å²) in [7, 11) is 1.36. The number of carbonyl (C=O) groups excluding carboxylic acids is 2. The fourth-order valence-electron chi connectivity index (χ4n) is 2.26. The highest BCUT2D eigenvalue weighted by Gasteiger charge is 2.15. The predicted octanol–water partition coefficient (Wildman–Crippen LogP) is 2.56. The first kappa shape index (κ1) is 21.5. The Kier molecular flexibility index (Phi) is 7.78. The zero-order chi connectivity index (χ0) is 21.2. The number of nitro benzene ring substituents is 1. The number of amides is 1. The number of nitro groups is 1. The molecule has 0 spiro atoms.